The second-order valence-corrected chi connectivity index (χ2v) is 8.27. The van der Waals surface area contributed by atoms with Gasteiger partial charge in [0.25, 0.3) is 0 Å². The van der Waals surface area contributed by atoms with E-state index in [0.717, 1.165) is 38.5 Å². The summed E-state index contributed by atoms with van der Waals surface area (Å²) < 4.78 is 5.44. The Morgan fingerprint density at radius 3 is 2.26 bits per heavy atom. The molecule has 2 aliphatic heterocycles. The van der Waals surface area contributed by atoms with Gasteiger partial charge in [0.15, 0.2) is 0 Å². The summed E-state index contributed by atoms with van der Waals surface area (Å²) in [5.41, 5.74) is -1.18. The number of carbonyl (C=O) groups excluding carboxylic acids is 2. The van der Waals surface area contributed by atoms with E-state index in [1.807, 2.05) is 20.8 Å². The normalized spacial score (nSPS) is 26.4. The molecule has 1 saturated carbocycles. The van der Waals surface area contributed by atoms with Crippen LogP contribution in [0.15, 0.2) is 0 Å². The zero-order valence-corrected chi connectivity index (χ0v) is 14.5. The van der Waals surface area contributed by atoms with E-state index in [9.17, 15) is 9.59 Å². The second-order valence-electron chi connectivity index (χ2n) is 8.27. The minimum atomic E-state index is -0.474. The predicted molar refractivity (Wildman–Crippen MR) is 86.9 cm³/mol. The molecule has 2 N–H and O–H groups in total. The average molecular weight is 323 g/mol. The molecule has 3 aliphatic rings. The van der Waals surface area contributed by atoms with Crippen LogP contribution in [0.3, 0.4) is 0 Å². The highest BCUT2D eigenvalue weighted by Crippen LogP contribution is 2.37. The van der Waals surface area contributed by atoms with Gasteiger partial charge in [-0.25, -0.2) is 4.79 Å². The first kappa shape index (κ1) is 16.6. The zero-order chi connectivity index (χ0) is 16.7. The van der Waals surface area contributed by atoms with Crippen molar-refractivity contribution in [2.45, 2.75) is 82.5 Å². The van der Waals surface area contributed by atoms with Gasteiger partial charge in [-0.3, -0.25) is 10.1 Å². The lowest BCUT2D eigenvalue weighted by Gasteiger charge is -2.41. The van der Waals surface area contributed by atoms with Crippen LogP contribution in [0, 0.1) is 0 Å². The molecule has 0 unspecified atom stereocenters. The summed E-state index contributed by atoms with van der Waals surface area (Å²) in [6.07, 6.45) is 6.51. The summed E-state index contributed by atoms with van der Waals surface area (Å²) in [6, 6.07) is 0. The summed E-state index contributed by atoms with van der Waals surface area (Å²) >= 11 is 0. The molecule has 0 aromatic rings. The standard InChI is InChI=1S/C17H29N3O3/c1-15(2,3)23-14(22)20-11-9-17(10-12-20)18-13(21)16(19-17)7-5-4-6-8-16/h19H,4-12H2,1-3H3,(H,18,21). The van der Waals surface area contributed by atoms with Gasteiger partial charge in [0.1, 0.15) is 5.60 Å². The van der Waals surface area contributed by atoms with Gasteiger partial charge in [0.2, 0.25) is 5.91 Å². The van der Waals surface area contributed by atoms with Crippen LogP contribution in [-0.2, 0) is 9.53 Å². The van der Waals surface area contributed by atoms with Gasteiger partial charge < -0.3 is 15.0 Å². The maximum absolute atomic E-state index is 12.5. The van der Waals surface area contributed by atoms with E-state index in [4.69, 9.17) is 4.74 Å². The second kappa shape index (κ2) is 5.65. The fourth-order valence-electron chi connectivity index (χ4n) is 4.04. The molecule has 6 heteroatoms. The molecule has 2 saturated heterocycles. The summed E-state index contributed by atoms with van der Waals surface area (Å²) in [6.45, 7) is 6.85. The first-order valence-electron chi connectivity index (χ1n) is 8.84. The Hall–Kier alpha value is -1.30. The van der Waals surface area contributed by atoms with Crippen molar-refractivity contribution < 1.29 is 14.3 Å². The van der Waals surface area contributed by atoms with Crippen LogP contribution < -0.4 is 10.6 Å². The third-order valence-electron chi connectivity index (χ3n) is 5.24. The zero-order valence-electron chi connectivity index (χ0n) is 14.5. The Morgan fingerprint density at radius 2 is 1.70 bits per heavy atom. The average Bonchev–Trinajstić information content (AvgIpc) is 2.70. The summed E-state index contributed by atoms with van der Waals surface area (Å²) in [5.74, 6) is 0.155. The number of rotatable bonds is 0. The Bertz CT molecular complexity index is 484. The number of likely N-dealkylation sites (tertiary alicyclic amines) is 1. The van der Waals surface area contributed by atoms with Crippen LogP contribution in [-0.4, -0.2) is 46.8 Å². The van der Waals surface area contributed by atoms with Gasteiger partial charge in [-0.05, 0) is 33.6 Å². The SMILES string of the molecule is CC(C)(C)OC(=O)N1CCC2(CC1)NC(=O)C1(CCCCC1)N2. The van der Waals surface area contributed by atoms with Gasteiger partial charge in [-0.1, -0.05) is 19.3 Å². The third kappa shape index (κ3) is 3.32. The number of amides is 2. The van der Waals surface area contributed by atoms with Gasteiger partial charge >= 0.3 is 6.09 Å². The molecule has 0 atom stereocenters. The lowest BCUT2D eigenvalue weighted by atomic mass is 9.81. The Balaban J connectivity index is 1.60. The van der Waals surface area contributed by atoms with Crippen molar-refractivity contribution in [1.82, 2.24) is 15.5 Å². The van der Waals surface area contributed by atoms with E-state index in [2.05, 4.69) is 10.6 Å². The first-order chi connectivity index (χ1) is 10.7. The van der Waals surface area contributed by atoms with E-state index in [1.165, 1.54) is 6.42 Å². The van der Waals surface area contributed by atoms with Crippen molar-refractivity contribution >= 4 is 12.0 Å². The molecule has 23 heavy (non-hydrogen) atoms. The quantitative estimate of drug-likeness (QED) is 0.716. The largest absolute Gasteiger partial charge is 0.444 e. The minimum Gasteiger partial charge on any atom is -0.444 e. The molecule has 1 aliphatic carbocycles. The molecule has 0 aromatic heterocycles. The van der Waals surface area contributed by atoms with E-state index in [-0.39, 0.29) is 23.2 Å². The van der Waals surface area contributed by atoms with Crippen LogP contribution >= 0.6 is 0 Å². The number of carbonyl (C=O) groups is 2. The summed E-state index contributed by atoms with van der Waals surface area (Å²) in [5, 5.41) is 6.85. The molecule has 0 bridgehead atoms. The minimum absolute atomic E-state index is 0.155. The highest BCUT2D eigenvalue weighted by molar-refractivity contribution is 5.89. The number of piperidine rings is 1. The van der Waals surface area contributed by atoms with Crippen LogP contribution in [0.2, 0.25) is 0 Å². The molecular weight excluding hydrogens is 294 g/mol. The van der Waals surface area contributed by atoms with Crippen LogP contribution in [0.1, 0.15) is 65.7 Å². The highest BCUT2D eigenvalue weighted by Gasteiger charge is 2.54. The predicted octanol–water partition coefficient (Wildman–Crippen LogP) is 2.14. The molecule has 130 valence electrons. The molecule has 0 aromatic carbocycles. The molecule has 3 fully saturated rings. The summed E-state index contributed by atoms with van der Waals surface area (Å²) in [4.78, 5) is 26.5. The highest BCUT2D eigenvalue weighted by atomic mass is 16.6. The molecule has 0 radical (unpaired) electrons. The van der Waals surface area contributed by atoms with Crippen molar-refractivity contribution in [1.29, 1.82) is 0 Å². The molecule has 6 nitrogen and oxygen atoms in total. The number of hydrogen-bond acceptors (Lipinski definition) is 4. The molecule has 2 spiro atoms. The maximum Gasteiger partial charge on any atom is 0.410 e. The molecule has 3 rings (SSSR count). The van der Waals surface area contributed by atoms with Crippen molar-refractivity contribution in [2.24, 2.45) is 0 Å². The monoisotopic (exact) mass is 323 g/mol. The Morgan fingerprint density at radius 1 is 1.09 bits per heavy atom. The van der Waals surface area contributed by atoms with E-state index >= 15 is 0 Å². The maximum atomic E-state index is 12.5. The number of nitrogens with zero attached hydrogens (tertiary/aromatic N) is 1. The van der Waals surface area contributed by atoms with Crippen molar-refractivity contribution in [3.8, 4) is 0 Å². The van der Waals surface area contributed by atoms with Crippen molar-refractivity contribution in [2.75, 3.05) is 13.1 Å². The van der Waals surface area contributed by atoms with Crippen LogP contribution in [0.4, 0.5) is 4.79 Å². The first-order valence-corrected chi connectivity index (χ1v) is 8.84. The molecule has 2 heterocycles. The number of ether oxygens (including phenoxy) is 1. The van der Waals surface area contributed by atoms with E-state index < -0.39 is 5.60 Å². The Kier molecular flexibility index (Phi) is 4.07. The summed E-state index contributed by atoms with van der Waals surface area (Å²) in [7, 11) is 0. The molecule has 2 amide bonds. The van der Waals surface area contributed by atoms with Gasteiger partial charge in [0, 0.05) is 25.9 Å². The Labute approximate surface area is 138 Å². The van der Waals surface area contributed by atoms with Gasteiger partial charge in [-0.2, -0.15) is 0 Å². The van der Waals surface area contributed by atoms with Crippen LogP contribution in [0.5, 0.6) is 0 Å². The third-order valence-corrected chi connectivity index (χ3v) is 5.24. The smallest absolute Gasteiger partial charge is 0.410 e. The number of hydrogen-bond donors (Lipinski definition) is 2. The lowest BCUT2D eigenvalue weighted by molar-refractivity contribution is -0.125. The van der Waals surface area contributed by atoms with Crippen LogP contribution in [0.25, 0.3) is 0 Å². The molecular formula is C17H29N3O3. The topological polar surface area (TPSA) is 70.7 Å². The number of nitrogens with one attached hydrogen (secondary N) is 2. The fraction of sp³-hybridized carbons (Fsp3) is 0.882. The fourth-order valence-corrected chi connectivity index (χ4v) is 4.04. The van der Waals surface area contributed by atoms with Crippen molar-refractivity contribution in [3.63, 3.8) is 0 Å². The van der Waals surface area contributed by atoms with Gasteiger partial charge in [-0.15, -0.1) is 0 Å². The lowest BCUT2D eigenvalue weighted by Crippen LogP contribution is -2.60. The van der Waals surface area contributed by atoms with E-state index in [0.29, 0.717) is 13.1 Å². The van der Waals surface area contributed by atoms with Crippen molar-refractivity contribution in [3.05, 3.63) is 0 Å². The van der Waals surface area contributed by atoms with E-state index in [1.54, 1.807) is 4.90 Å². The van der Waals surface area contributed by atoms with Gasteiger partial charge in [0.05, 0.1) is 11.2 Å².